The number of benzene rings is 2. The number of nitrogens with one attached hydrogen (secondary N) is 3. The number of carbonyl (C=O) groups is 1. The van der Waals surface area contributed by atoms with Crippen LogP contribution in [0.1, 0.15) is 29.6 Å². The summed E-state index contributed by atoms with van der Waals surface area (Å²) < 4.78 is 0. The minimum Gasteiger partial charge on any atom is -0.371 e. The largest absolute Gasteiger partial charge is 0.371 e. The minimum absolute atomic E-state index is 0.183. The van der Waals surface area contributed by atoms with E-state index in [4.69, 9.17) is 4.98 Å². The van der Waals surface area contributed by atoms with Crippen molar-refractivity contribution in [2.24, 2.45) is 0 Å². The lowest BCUT2D eigenvalue weighted by Crippen LogP contribution is -2.29. The Bertz CT molecular complexity index is 1800. The van der Waals surface area contributed by atoms with Crippen LogP contribution in [0.2, 0.25) is 0 Å². The summed E-state index contributed by atoms with van der Waals surface area (Å²) >= 11 is 0. The quantitative estimate of drug-likeness (QED) is 0.247. The Kier molecular flexibility index (Phi) is 5.77. The number of aromatic nitrogens is 5. The van der Waals surface area contributed by atoms with Crippen molar-refractivity contribution in [2.75, 3.05) is 23.3 Å². The van der Waals surface area contributed by atoms with Crippen molar-refractivity contribution in [3.05, 3.63) is 90.8 Å². The number of aromatic amines is 2. The molecule has 0 aliphatic carbocycles. The van der Waals surface area contributed by atoms with Gasteiger partial charge in [-0.1, -0.05) is 24.3 Å². The minimum atomic E-state index is -0.183. The lowest BCUT2D eigenvalue weighted by Gasteiger charge is -2.29. The second kappa shape index (κ2) is 9.72. The molecule has 8 heteroatoms. The fourth-order valence-corrected chi connectivity index (χ4v) is 5.37. The van der Waals surface area contributed by atoms with Crippen LogP contribution in [-0.4, -0.2) is 44.1 Å². The second-order valence-electron chi connectivity index (χ2n) is 9.92. The maximum atomic E-state index is 12.6. The average Bonchev–Trinajstić information content (AvgIpc) is 3.62. The zero-order valence-corrected chi connectivity index (χ0v) is 21.3. The van der Waals surface area contributed by atoms with Crippen LogP contribution < -0.4 is 10.2 Å². The van der Waals surface area contributed by atoms with Crippen LogP contribution in [0.4, 0.5) is 11.4 Å². The molecule has 39 heavy (non-hydrogen) atoms. The number of amides is 1. The third kappa shape index (κ3) is 4.40. The van der Waals surface area contributed by atoms with Crippen molar-refractivity contribution < 1.29 is 4.79 Å². The Balaban J connectivity index is 1.22. The molecule has 3 N–H and O–H groups in total. The third-order valence-electron chi connectivity index (χ3n) is 7.33. The molecule has 0 saturated carbocycles. The van der Waals surface area contributed by atoms with Crippen LogP contribution in [0.15, 0.2) is 85.2 Å². The molecule has 0 spiro atoms. The molecule has 0 atom stereocenters. The predicted octanol–water partition coefficient (Wildman–Crippen LogP) is 6.41. The fraction of sp³-hybridized carbons (Fsp3) is 0.161. The molecule has 2 aromatic carbocycles. The number of rotatable bonds is 5. The molecule has 0 bridgehead atoms. The lowest BCUT2D eigenvalue weighted by atomic mass is 10.1. The number of piperidine rings is 1. The second-order valence-corrected chi connectivity index (χ2v) is 9.92. The fourth-order valence-electron chi connectivity index (χ4n) is 5.37. The number of carbonyl (C=O) groups excluding carboxylic acids is 1. The molecule has 192 valence electrons. The first kappa shape index (κ1) is 23.2. The summed E-state index contributed by atoms with van der Waals surface area (Å²) in [5, 5.41) is 11.9. The van der Waals surface area contributed by atoms with Gasteiger partial charge >= 0.3 is 0 Å². The van der Waals surface area contributed by atoms with E-state index in [1.54, 1.807) is 24.5 Å². The molecule has 1 saturated heterocycles. The van der Waals surface area contributed by atoms with Gasteiger partial charge in [0.15, 0.2) is 0 Å². The molecule has 4 aromatic heterocycles. The van der Waals surface area contributed by atoms with Crippen molar-refractivity contribution in [3.8, 4) is 22.6 Å². The van der Waals surface area contributed by atoms with E-state index in [0.717, 1.165) is 52.3 Å². The van der Waals surface area contributed by atoms with Crippen LogP contribution in [-0.2, 0) is 0 Å². The number of hydrogen-bond acceptors (Lipinski definition) is 5. The van der Waals surface area contributed by atoms with E-state index >= 15 is 0 Å². The van der Waals surface area contributed by atoms with Crippen molar-refractivity contribution in [1.29, 1.82) is 0 Å². The van der Waals surface area contributed by atoms with E-state index in [9.17, 15) is 4.79 Å². The van der Waals surface area contributed by atoms with Crippen molar-refractivity contribution >= 4 is 39.2 Å². The molecule has 0 unspecified atom stereocenters. The van der Waals surface area contributed by atoms with E-state index in [1.165, 1.54) is 30.3 Å². The first-order valence-electron chi connectivity index (χ1n) is 13.3. The number of fused-ring (bicyclic) bond motifs is 2. The highest BCUT2D eigenvalue weighted by Gasteiger charge is 2.18. The van der Waals surface area contributed by atoms with Gasteiger partial charge in [-0.15, -0.1) is 0 Å². The smallest absolute Gasteiger partial charge is 0.255 e. The summed E-state index contributed by atoms with van der Waals surface area (Å²) in [5.41, 5.74) is 8.43. The Hall–Kier alpha value is -4.98. The molecule has 6 aromatic rings. The van der Waals surface area contributed by atoms with E-state index in [1.807, 2.05) is 36.4 Å². The molecule has 7 rings (SSSR count). The average molecular weight is 514 g/mol. The highest BCUT2D eigenvalue weighted by atomic mass is 16.1. The number of pyridine rings is 2. The maximum absolute atomic E-state index is 12.6. The number of anilines is 2. The topological polar surface area (TPSA) is 103 Å². The molecular formula is C31H27N7O. The van der Waals surface area contributed by atoms with Crippen LogP contribution in [0.25, 0.3) is 44.6 Å². The summed E-state index contributed by atoms with van der Waals surface area (Å²) in [7, 11) is 0. The Labute approximate surface area is 225 Å². The van der Waals surface area contributed by atoms with Gasteiger partial charge in [-0.3, -0.25) is 14.9 Å². The van der Waals surface area contributed by atoms with Crippen LogP contribution >= 0.6 is 0 Å². The molecule has 1 fully saturated rings. The van der Waals surface area contributed by atoms with Crippen molar-refractivity contribution in [3.63, 3.8) is 0 Å². The van der Waals surface area contributed by atoms with Gasteiger partial charge in [-0.2, -0.15) is 5.10 Å². The number of hydrogen-bond donors (Lipinski definition) is 3. The first-order chi connectivity index (χ1) is 19.2. The highest BCUT2D eigenvalue weighted by Crippen LogP contribution is 2.34. The summed E-state index contributed by atoms with van der Waals surface area (Å²) in [6.45, 7) is 2.18. The van der Waals surface area contributed by atoms with Crippen LogP contribution in [0.3, 0.4) is 0 Å². The van der Waals surface area contributed by atoms with E-state index in [0.29, 0.717) is 11.3 Å². The number of H-pyrrole nitrogens is 2. The van der Waals surface area contributed by atoms with Gasteiger partial charge in [0.1, 0.15) is 11.2 Å². The van der Waals surface area contributed by atoms with Gasteiger partial charge in [0.05, 0.1) is 28.8 Å². The lowest BCUT2D eigenvalue weighted by molar-refractivity contribution is 0.102. The maximum Gasteiger partial charge on any atom is 0.255 e. The Morgan fingerprint density at radius 1 is 0.872 bits per heavy atom. The molecule has 0 radical (unpaired) electrons. The van der Waals surface area contributed by atoms with Gasteiger partial charge in [-0.25, -0.2) is 4.98 Å². The summed E-state index contributed by atoms with van der Waals surface area (Å²) in [5.74, 6) is -0.183. The summed E-state index contributed by atoms with van der Waals surface area (Å²) in [6, 6.07) is 23.5. The molecule has 5 heterocycles. The van der Waals surface area contributed by atoms with Crippen LogP contribution in [0.5, 0.6) is 0 Å². The predicted molar refractivity (Wildman–Crippen MR) is 155 cm³/mol. The zero-order valence-electron chi connectivity index (χ0n) is 21.3. The van der Waals surface area contributed by atoms with Crippen LogP contribution in [0, 0.1) is 0 Å². The molecule has 1 aliphatic rings. The molecule has 1 aliphatic heterocycles. The van der Waals surface area contributed by atoms with Gasteiger partial charge in [0.2, 0.25) is 0 Å². The first-order valence-corrected chi connectivity index (χ1v) is 13.3. The molecular weight excluding hydrogens is 486 g/mol. The third-order valence-corrected chi connectivity index (χ3v) is 7.33. The normalized spacial score (nSPS) is 13.7. The van der Waals surface area contributed by atoms with E-state index in [-0.39, 0.29) is 5.91 Å². The van der Waals surface area contributed by atoms with Crippen molar-refractivity contribution in [2.45, 2.75) is 19.3 Å². The highest BCUT2D eigenvalue weighted by molar-refractivity contribution is 6.04. The molecule has 8 nitrogen and oxygen atoms in total. The van der Waals surface area contributed by atoms with Gasteiger partial charge in [-0.05, 0) is 67.8 Å². The van der Waals surface area contributed by atoms with Gasteiger partial charge in [0, 0.05) is 47.0 Å². The standard InChI is InChI=1S/C31H27N7O/c39-31(20-8-3-1-4-9-20)33-22-16-21(18-32-19-22)24-12-13-26-29(35-24)30(37-36-26)27-17-23-25(34-27)10-7-11-28(23)38-14-5-2-6-15-38/h1,3-4,7-13,16-19,34H,2,5-6,14-15H2,(H,33,39)(H,36,37). The van der Waals surface area contributed by atoms with Crippen molar-refractivity contribution in [1.82, 2.24) is 25.1 Å². The van der Waals surface area contributed by atoms with E-state index in [2.05, 4.69) is 54.6 Å². The summed E-state index contributed by atoms with van der Waals surface area (Å²) in [6.07, 6.45) is 7.15. The van der Waals surface area contributed by atoms with Gasteiger partial charge < -0.3 is 15.2 Å². The zero-order chi connectivity index (χ0) is 26.2. The monoisotopic (exact) mass is 513 g/mol. The summed E-state index contributed by atoms with van der Waals surface area (Å²) in [4.78, 5) is 28.0. The molecule has 1 amide bonds. The van der Waals surface area contributed by atoms with Gasteiger partial charge in [0.25, 0.3) is 5.91 Å². The number of nitrogens with zero attached hydrogens (tertiary/aromatic N) is 4. The Morgan fingerprint density at radius 2 is 1.74 bits per heavy atom. The Morgan fingerprint density at radius 3 is 2.62 bits per heavy atom. The SMILES string of the molecule is O=C(Nc1cncc(-c2ccc3[nH]nc(-c4cc5c(N6CCCCC6)cccc5[nH]4)c3n2)c1)c1ccccc1. The van der Waals surface area contributed by atoms with E-state index < -0.39 is 0 Å².